The molecule has 1 aromatic carbocycles. The lowest BCUT2D eigenvalue weighted by molar-refractivity contribution is 0.0696. The van der Waals surface area contributed by atoms with Crippen molar-refractivity contribution in [2.75, 3.05) is 7.11 Å². The van der Waals surface area contributed by atoms with Gasteiger partial charge in [-0.05, 0) is 36.4 Å². The average Bonchev–Trinajstić information content (AvgIpc) is 2.95. The number of carboxylic acid groups (broad SMARTS) is 1. The lowest BCUT2D eigenvalue weighted by Gasteiger charge is -2.04. The fourth-order valence-electron chi connectivity index (χ4n) is 1.94. The number of carboxylic acids is 1. The molecule has 3 rings (SSSR count). The molecule has 0 amide bonds. The second kappa shape index (κ2) is 5.72. The first-order valence-electron chi connectivity index (χ1n) is 6.51. The van der Waals surface area contributed by atoms with Gasteiger partial charge in [0.15, 0.2) is 11.5 Å². The largest absolute Gasteiger partial charge is 0.497 e. The van der Waals surface area contributed by atoms with E-state index in [4.69, 9.17) is 14.6 Å². The van der Waals surface area contributed by atoms with E-state index in [9.17, 15) is 4.79 Å². The molecular weight excluding hydrogens is 286 g/mol. The van der Waals surface area contributed by atoms with Crippen molar-refractivity contribution in [1.29, 1.82) is 0 Å². The van der Waals surface area contributed by atoms with Gasteiger partial charge in [-0.3, -0.25) is 0 Å². The maximum Gasteiger partial charge on any atom is 0.337 e. The highest BCUT2D eigenvalue weighted by Crippen LogP contribution is 2.17. The molecule has 2 heterocycles. The van der Waals surface area contributed by atoms with Crippen LogP contribution in [0.15, 0.2) is 42.6 Å². The van der Waals surface area contributed by atoms with Gasteiger partial charge in [-0.25, -0.2) is 14.3 Å². The van der Waals surface area contributed by atoms with Crippen LogP contribution in [0.3, 0.4) is 0 Å². The minimum absolute atomic E-state index is 0.153. The van der Waals surface area contributed by atoms with E-state index >= 15 is 0 Å². The third-order valence-corrected chi connectivity index (χ3v) is 3.05. The lowest BCUT2D eigenvalue weighted by Crippen LogP contribution is -2.00. The summed E-state index contributed by atoms with van der Waals surface area (Å²) in [5.41, 5.74) is 0.721. The van der Waals surface area contributed by atoms with Gasteiger partial charge in [-0.1, -0.05) is 0 Å². The van der Waals surface area contributed by atoms with Crippen molar-refractivity contribution < 1.29 is 19.4 Å². The number of carbonyl (C=O) groups is 1. The molecule has 7 heteroatoms. The summed E-state index contributed by atoms with van der Waals surface area (Å²) < 4.78 is 12.1. The van der Waals surface area contributed by atoms with Crippen LogP contribution in [0.4, 0.5) is 0 Å². The topological polar surface area (TPSA) is 86.0 Å². The van der Waals surface area contributed by atoms with Crippen molar-refractivity contribution in [2.24, 2.45) is 0 Å². The van der Waals surface area contributed by atoms with E-state index in [1.165, 1.54) is 16.8 Å². The summed E-state index contributed by atoms with van der Waals surface area (Å²) in [5, 5.41) is 13.1. The second-order valence-corrected chi connectivity index (χ2v) is 4.52. The van der Waals surface area contributed by atoms with Crippen LogP contribution in [-0.4, -0.2) is 32.8 Å². The zero-order valence-corrected chi connectivity index (χ0v) is 11.8. The van der Waals surface area contributed by atoms with E-state index in [1.807, 2.05) is 0 Å². The highest BCUT2D eigenvalue weighted by molar-refractivity contribution is 5.87. The van der Waals surface area contributed by atoms with Crippen molar-refractivity contribution in [2.45, 2.75) is 6.61 Å². The van der Waals surface area contributed by atoms with Gasteiger partial charge < -0.3 is 14.6 Å². The summed E-state index contributed by atoms with van der Waals surface area (Å²) in [4.78, 5) is 15.2. The van der Waals surface area contributed by atoms with Crippen LogP contribution in [0.25, 0.3) is 5.65 Å². The Morgan fingerprint density at radius 1 is 1.18 bits per heavy atom. The molecule has 1 N–H and O–H groups in total. The SMILES string of the molecule is COc1ccc(OCc2nc3ccc(C(=O)O)cn3n2)cc1. The Bertz CT molecular complexity index is 811. The molecule has 0 bridgehead atoms. The summed E-state index contributed by atoms with van der Waals surface area (Å²) in [6.07, 6.45) is 1.42. The Balaban J connectivity index is 1.74. The van der Waals surface area contributed by atoms with Crippen molar-refractivity contribution in [1.82, 2.24) is 14.6 Å². The van der Waals surface area contributed by atoms with Crippen LogP contribution in [0.5, 0.6) is 11.5 Å². The van der Waals surface area contributed by atoms with Crippen LogP contribution < -0.4 is 9.47 Å². The Morgan fingerprint density at radius 3 is 2.59 bits per heavy atom. The molecule has 0 saturated carbocycles. The number of aromatic carboxylic acids is 1. The molecule has 0 saturated heterocycles. The normalized spacial score (nSPS) is 10.6. The van der Waals surface area contributed by atoms with E-state index in [0.717, 1.165) is 5.75 Å². The molecule has 0 spiro atoms. The first kappa shape index (κ1) is 13.9. The van der Waals surface area contributed by atoms with Crippen molar-refractivity contribution in [3.8, 4) is 11.5 Å². The molecule has 0 fully saturated rings. The van der Waals surface area contributed by atoms with Gasteiger partial charge in [-0.2, -0.15) is 0 Å². The summed E-state index contributed by atoms with van der Waals surface area (Å²) in [6, 6.07) is 10.3. The van der Waals surface area contributed by atoms with Gasteiger partial charge in [-0.15, -0.1) is 5.10 Å². The van der Waals surface area contributed by atoms with E-state index in [-0.39, 0.29) is 12.2 Å². The Morgan fingerprint density at radius 2 is 1.91 bits per heavy atom. The minimum atomic E-state index is -1.01. The standard InChI is InChI=1S/C15H13N3O4/c1-21-11-3-5-12(6-4-11)22-9-13-16-14-7-2-10(15(19)20)8-18(14)17-13/h2-8H,9H2,1H3,(H,19,20). The van der Waals surface area contributed by atoms with Crippen LogP contribution in [0.2, 0.25) is 0 Å². The maximum absolute atomic E-state index is 10.9. The van der Waals surface area contributed by atoms with Gasteiger partial charge in [0.1, 0.15) is 18.1 Å². The number of nitrogens with zero attached hydrogens (tertiary/aromatic N) is 3. The van der Waals surface area contributed by atoms with Gasteiger partial charge in [0.05, 0.1) is 12.7 Å². The predicted molar refractivity (Wildman–Crippen MR) is 77.3 cm³/mol. The van der Waals surface area contributed by atoms with Crippen LogP contribution in [0.1, 0.15) is 16.2 Å². The smallest absolute Gasteiger partial charge is 0.337 e. The number of pyridine rings is 1. The molecule has 2 aromatic heterocycles. The molecule has 0 aliphatic carbocycles. The van der Waals surface area contributed by atoms with E-state index in [0.29, 0.717) is 17.2 Å². The van der Waals surface area contributed by atoms with Crippen LogP contribution in [-0.2, 0) is 6.61 Å². The molecule has 112 valence electrons. The second-order valence-electron chi connectivity index (χ2n) is 4.52. The lowest BCUT2D eigenvalue weighted by atomic mass is 10.3. The Hall–Kier alpha value is -3.09. The van der Waals surface area contributed by atoms with Crippen molar-refractivity contribution >= 4 is 11.6 Å². The maximum atomic E-state index is 10.9. The highest BCUT2D eigenvalue weighted by Gasteiger charge is 2.08. The van der Waals surface area contributed by atoms with Gasteiger partial charge in [0.25, 0.3) is 0 Å². The van der Waals surface area contributed by atoms with Crippen molar-refractivity contribution in [3.05, 3.63) is 54.0 Å². The molecule has 0 aliphatic rings. The van der Waals surface area contributed by atoms with E-state index in [2.05, 4.69) is 10.1 Å². The van der Waals surface area contributed by atoms with E-state index in [1.54, 1.807) is 37.4 Å². The molecule has 0 aliphatic heterocycles. The van der Waals surface area contributed by atoms with E-state index < -0.39 is 5.97 Å². The van der Waals surface area contributed by atoms with Crippen LogP contribution in [0, 0.1) is 0 Å². The number of methoxy groups -OCH3 is 1. The summed E-state index contributed by atoms with van der Waals surface area (Å²) in [7, 11) is 1.60. The number of hydrogen-bond donors (Lipinski definition) is 1. The molecule has 0 atom stereocenters. The third kappa shape index (κ3) is 2.83. The monoisotopic (exact) mass is 299 g/mol. The zero-order chi connectivity index (χ0) is 15.5. The summed E-state index contributed by atoms with van der Waals surface area (Å²) >= 11 is 0. The number of rotatable bonds is 5. The Kier molecular flexibility index (Phi) is 3.61. The molecule has 0 radical (unpaired) electrons. The number of aromatic nitrogens is 3. The first-order valence-corrected chi connectivity index (χ1v) is 6.51. The van der Waals surface area contributed by atoms with Crippen molar-refractivity contribution in [3.63, 3.8) is 0 Å². The summed E-state index contributed by atoms with van der Waals surface area (Å²) in [6.45, 7) is 0.191. The molecule has 7 nitrogen and oxygen atoms in total. The minimum Gasteiger partial charge on any atom is -0.497 e. The average molecular weight is 299 g/mol. The van der Waals surface area contributed by atoms with Gasteiger partial charge in [0.2, 0.25) is 0 Å². The fraction of sp³-hybridized carbons (Fsp3) is 0.133. The number of ether oxygens (including phenoxy) is 2. The number of benzene rings is 1. The van der Waals surface area contributed by atoms with Crippen LogP contribution >= 0.6 is 0 Å². The first-order chi connectivity index (χ1) is 10.7. The molecule has 3 aromatic rings. The molecule has 0 unspecified atom stereocenters. The zero-order valence-electron chi connectivity index (χ0n) is 11.8. The van der Waals surface area contributed by atoms with Gasteiger partial charge >= 0.3 is 5.97 Å². The molecule has 22 heavy (non-hydrogen) atoms. The number of fused-ring (bicyclic) bond motifs is 1. The summed E-state index contributed by atoms with van der Waals surface area (Å²) in [5.74, 6) is 0.886. The highest BCUT2D eigenvalue weighted by atomic mass is 16.5. The quantitative estimate of drug-likeness (QED) is 0.775. The molecular formula is C15H13N3O4. The van der Waals surface area contributed by atoms with Gasteiger partial charge in [0, 0.05) is 6.20 Å². The fourth-order valence-corrected chi connectivity index (χ4v) is 1.94. The number of hydrogen-bond acceptors (Lipinski definition) is 5. The Labute approximate surface area is 125 Å². The predicted octanol–water partition coefficient (Wildman–Crippen LogP) is 2.02. The third-order valence-electron chi connectivity index (χ3n) is 3.05.